The summed E-state index contributed by atoms with van der Waals surface area (Å²) in [5, 5.41) is 2.18. The third-order valence-electron chi connectivity index (χ3n) is 1.89. The van der Waals surface area contributed by atoms with Crippen LogP contribution in [0.5, 0.6) is 0 Å². The molecule has 0 amide bonds. The van der Waals surface area contributed by atoms with Crippen LogP contribution in [0.15, 0.2) is 29.2 Å². The summed E-state index contributed by atoms with van der Waals surface area (Å²) in [4.78, 5) is -0.178. The largest absolute Gasteiger partial charge is 0.744 e. The van der Waals surface area contributed by atoms with Gasteiger partial charge in [0.05, 0.1) is 18.5 Å². The Kier molecular flexibility index (Phi) is 6.96. The van der Waals surface area contributed by atoms with Gasteiger partial charge in [-0.05, 0) is 25.5 Å². The maximum atomic E-state index is 10.4. The average Bonchev–Trinajstić information content (AvgIpc) is 2.19. The normalized spacial score (nSPS) is 10.5. The zero-order valence-electron chi connectivity index (χ0n) is 9.93. The Morgan fingerprint density at radius 2 is 1.75 bits per heavy atom. The summed E-state index contributed by atoms with van der Waals surface area (Å²) in [6, 6.07) is 5.78. The second-order valence-corrected chi connectivity index (χ2v) is 4.84. The van der Waals surface area contributed by atoms with Crippen molar-refractivity contribution in [2.45, 2.75) is 25.2 Å². The van der Waals surface area contributed by atoms with E-state index in [1.165, 1.54) is 25.1 Å². The standard InChI is InChI=1S/C7H8O3S.C4H11N/c1-6-2-4-7(5-3-6)11(8,9)10;1-3-4-5-2/h2-5H,1H3,(H,8,9,10);5H,3-4H2,1-2H3. The Morgan fingerprint density at radius 1 is 1.25 bits per heavy atom. The van der Waals surface area contributed by atoms with E-state index in [0.717, 1.165) is 5.56 Å². The first kappa shape index (κ1) is 15.1. The molecule has 0 heterocycles. The van der Waals surface area contributed by atoms with Crippen molar-refractivity contribution in [2.24, 2.45) is 0 Å². The molecule has 0 fully saturated rings. The smallest absolute Gasteiger partial charge is 0.124 e. The minimum Gasteiger partial charge on any atom is -0.744 e. The van der Waals surface area contributed by atoms with Crippen molar-refractivity contribution in [1.82, 2.24) is 0 Å². The number of rotatable bonds is 3. The first-order valence-corrected chi connectivity index (χ1v) is 6.63. The van der Waals surface area contributed by atoms with Crippen LogP contribution in [0, 0.1) is 6.92 Å². The second-order valence-electron chi connectivity index (χ2n) is 3.46. The third-order valence-corrected chi connectivity index (χ3v) is 2.74. The van der Waals surface area contributed by atoms with Crippen LogP contribution in [0.25, 0.3) is 0 Å². The van der Waals surface area contributed by atoms with Gasteiger partial charge >= 0.3 is 0 Å². The van der Waals surface area contributed by atoms with E-state index in [0.29, 0.717) is 0 Å². The summed E-state index contributed by atoms with van der Waals surface area (Å²) in [5.41, 5.74) is 0.928. The summed E-state index contributed by atoms with van der Waals surface area (Å²) in [5.74, 6) is 0. The molecule has 0 atom stereocenters. The highest BCUT2D eigenvalue weighted by molar-refractivity contribution is 7.85. The highest BCUT2D eigenvalue weighted by atomic mass is 32.2. The van der Waals surface area contributed by atoms with Crippen molar-refractivity contribution in [3.8, 4) is 0 Å². The van der Waals surface area contributed by atoms with E-state index in [-0.39, 0.29) is 4.90 Å². The lowest BCUT2D eigenvalue weighted by molar-refractivity contribution is -0.626. The van der Waals surface area contributed by atoms with Crippen LogP contribution in [0.4, 0.5) is 0 Å². The molecule has 4 nitrogen and oxygen atoms in total. The Balaban J connectivity index is 0.000000385. The quantitative estimate of drug-likeness (QED) is 0.788. The van der Waals surface area contributed by atoms with E-state index in [1.54, 1.807) is 12.1 Å². The Labute approximate surface area is 97.4 Å². The molecular formula is C11H19NO3S. The molecule has 1 rings (SSSR count). The summed E-state index contributed by atoms with van der Waals surface area (Å²) >= 11 is 0. The number of hydrogen-bond acceptors (Lipinski definition) is 3. The van der Waals surface area contributed by atoms with Crippen molar-refractivity contribution in [3.05, 3.63) is 29.8 Å². The zero-order chi connectivity index (χ0) is 12.6. The van der Waals surface area contributed by atoms with Crippen LogP contribution in [-0.2, 0) is 10.1 Å². The van der Waals surface area contributed by atoms with Crippen LogP contribution in [0.2, 0.25) is 0 Å². The van der Waals surface area contributed by atoms with Gasteiger partial charge in [-0.1, -0.05) is 24.6 Å². The SMILES string of the molecule is CCC[NH2+]C.Cc1ccc(S(=O)(=O)[O-])cc1. The number of hydrogen-bond donors (Lipinski definition) is 1. The van der Waals surface area contributed by atoms with E-state index >= 15 is 0 Å². The van der Waals surface area contributed by atoms with Crippen LogP contribution >= 0.6 is 0 Å². The van der Waals surface area contributed by atoms with Gasteiger partial charge < -0.3 is 9.87 Å². The lowest BCUT2D eigenvalue weighted by Gasteiger charge is -2.05. The van der Waals surface area contributed by atoms with E-state index < -0.39 is 10.1 Å². The summed E-state index contributed by atoms with van der Waals surface area (Å²) in [6.07, 6.45) is 1.29. The molecule has 0 aliphatic rings. The van der Waals surface area contributed by atoms with Gasteiger partial charge in [-0.25, -0.2) is 8.42 Å². The van der Waals surface area contributed by atoms with E-state index in [9.17, 15) is 13.0 Å². The predicted octanol–water partition coefficient (Wildman–Crippen LogP) is 0.489. The monoisotopic (exact) mass is 245 g/mol. The molecule has 0 unspecified atom stereocenters. The van der Waals surface area contributed by atoms with Crippen LogP contribution in [-0.4, -0.2) is 26.6 Å². The molecule has 0 aromatic heterocycles. The highest BCUT2D eigenvalue weighted by Gasteiger charge is 1.97. The molecule has 1 aromatic rings. The topological polar surface area (TPSA) is 73.8 Å². The van der Waals surface area contributed by atoms with Crippen LogP contribution in [0.1, 0.15) is 18.9 Å². The van der Waals surface area contributed by atoms with Gasteiger partial charge in [-0.15, -0.1) is 0 Å². The van der Waals surface area contributed by atoms with Crippen molar-refractivity contribution in [3.63, 3.8) is 0 Å². The molecular weight excluding hydrogens is 226 g/mol. The fourth-order valence-corrected chi connectivity index (χ4v) is 1.46. The molecule has 0 saturated carbocycles. The van der Waals surface area contributed by atoms with Crippen LogP contribution in [0.3, 0.4) is 0 Å². The van der Waals surface area contributed by atoms with Gasteiger partial charge in [0.15, 0.2) is 0 Å². The van der Waals surface area contributed by atoms with E-state index in [4.69, 9.17) is 0 Å². The van der Waals surface area contributed by atoms with Crippen molar-refractivity contribution in [1.29, 1.82) is 0 Å². The van der Waals surface area contributed by atoms with Crippen molar-refractivity contribution < 1.29 is 18.3 Å². The summed E-state index contributed by atoms with van der Waals surface area (Å²) in [7, 11) is -2.18. The van der Waals surface area contributed by atoms with E-state index in [1.807, 2.05) is 6.92 Å². The first-order chi connectivity index (χ1) is 7.41. The molecule has 0 spiro atoms. The molecule has 0 saturated heterocycles. The zero-order valence-corrected chi connectivity index (χ0v) is 10.8. The average molecular weight is 245 g/mol. The lowest BCUT2D eigenvalue weighted by atomic mass is 10.2. The first-order valence-electron chi connectivity index (χ1n) is 5.22. The minimum atomic E-state index is -4.27. The van der Waals surface area contributed by atoms with Gasteiger partial charge in [0.25, 0.3) is 0 Å². The second kappa shape index (κ2) is 7.38. The molecule has 0 aliphatic carbocycles. The van der Waals surface area contributed by atoms with Crippen LogP contribution < -0.4 is 5.32 Å². The maximum absolute atomic E-state index is 10.4. The molecule has 16 heavy (non-hydrogen) atoms. The van der Waals surface area contributed by atoms with Gasteiger partial charge in [0, 0.05) is 0 Å². The maximum Gasteiger partial charge on any atom is 0.124 e. The number of quaternary nitrogens is 1. The lowest BCUT2D eigenvalue weighted by Crippen LogP contribution is -2.79. The van der Waals surface area contributed by atoms with Gasteiger partial charge in [0.1, 0.15) is 10.1 Å². The third kappa shape index (κ3) is 6.55. The van der Waals surface area contributed by atoms with Gasteiger partial charge in [-0.3, -0.25) is 0 Å². The predicted molar refractivity (Wildman–Crippen MR) is 62.1 cm³/mol. The number of benzene rings is 1. The van der Waals surface area contributed by atoms with Crippen molar-refractivity contribution in [2.75, 3.05) is 13.6 Å². The fourth-order valence-electron chi connectivity index (χ4n) is 0.994. The Bertz CT molecular complexity index is 382. The highest BCUT2D eigenvalue weighted by Crippen LogP contribution is 2.08. The summed E-state index contributed by atoms with van der Waals surface area (Å²) < 4.78 is 31.2. The molecule has 5 heteroatoms. The molecule has 0 radical (unpaired) electrons. The number of nitrogens with two attached hydrogens (primary N) is 1. The fraction of sp³-hybridized carbons (Fsp3) is 0.455. The molecule has 0 aliphatic heterocycles. The Morgan fingerprint density at radius 3 is 2.00 bits per heavy atom. The Hall–Kier alpha value is -0.910. The van der Waals surface area contributed by atoms with Gasteiger partial charge in [0.2, 0.25) is 0 Å². The molecule has 0 bridgehead atoms. The van der Waals surface area contributed by atoms with E-state index in [2.05, 4.69) is 19.3 Å². The minimum absolute atomic E-state index is 0.178. The summed E-state index contributed by atoms with van der Waals surface area (Å²) in [6.45, 7) is 5.27. The number of aryl methyl sites for hydroxylation is 1. The van der Waals surface area contributed by atoms with Crippen molar-refractivity contribution >= 4 is 10.1 Å². The molecule has 92 valence electrons. The molecule has 1 aromatic carbocycles. The van der Waals surface area contributed by atoms with Gasteiger partial charge in [-0.2, -0.15) is 0 Å². The molecule has 2 N–H and O–H groups in total.